The Morgan fingerprint density at radius 3 is 2.78 bits per heavy atom. The second kappa shape index (κ2) is 6.74. The van der Waals surface area contributed by atoms with E-state index in [9.17, 15) is 12.8 Å². The predicted octanol–water partition coefficient (Wildman–Crippen LogP) is 0.160. The number of hydrogen-bond acceptors (Lipinski definition) is 5. The first-order valence-electron chi connectivity index (χ1n) is 5.13. The maximum atomic E-state index is 13.3. The average Bonchev–Trinajstić information content (AvgIpc) is 2.34. The van der Waals surface area contributed by atoms with E-state index in [-0.39, 0.29) is 13.2 Å². The molecule has 0 aliphatic carbocycles. The summed E-state index contributed by atoms with van der Waals surface area (Å²) in [6, 6.07) is 2.35. The Balaban J connectivity index is 2.74. The fourth-order valence-corrected chi connectivity index (χ4v) is 2.30. The molecule has 1 heterocycles. The molecule has 8 heteroatoms. The number of pyridine rings is 1. The van der Waals surface area contributed by atoms with Crippen molar-refractivity contribution in [3.63, 3.8) is 0 Å². The Morgan fingerprint density at radius 2 is 2.22 bits per heavy atom. The van der Waals surface area contributed by atoms with Crippen LogP contribution >= 0.6 is 0 Å². The lowest BCUT2D eigenvalue weighted by Gasteiger charge is -2.14. The SMILES string of the molecule is COCC(CNS(=O)(=O)c1ncccc1F)OC. The first-order valence-corrected chi connectivity index (χ1v) is 6.61. The van der Waals surface area contributed by atoms with Gasteiger partial charge in [0.2, 0.25) is 5.03 Å². The summed E-state index contributed by atoms with van der Waals surface area (Å²) in [7, 11) is -1.09. The van der Waals surface area contributed by atoms with E-state index < -0.39 is 27.0 Å². The number of halogens is 1. The van der Waals surface area contributed by atoms with Crippen LogP contribution in [-0.4, -0.2) is 46.9 Å². The topological polar surface area (TPSA) is 77.5 Å². The van der Waals surface area contributed by atoms with E-state index in [0.717, 1.165) is 6.07 Å². The van der Waals surface area contributed by atoms with Crippen molar-refractivity contribution in [1.82, 2.24) is 9.71 Å². The highest BCUT2D eigenvalue weighted by atomic mass is 32.2. The van der Waals surface area contributed by atoms with Gasteiger partial charge in [-0.2, -0.15) is 0 Å². The summed E-state index contributed by atoms with van der Waals surface area (Å²) < 4.78 is 48.9. The van der Waals surface area contributed by atoms with Gasteiger partial charge < -0.3 is 9.47 Å². The van der Waals surface area contributed by atoms with Crippen LogP contribution in [0.3, 0.4) is 0 Å². The molecule has 0 spiro atoms. The van der Waals surface area contributed by atoms with Gasteiger partial charge in [0.15, 0.2) is 5.82 Å². The fraction of sp³-hybridized carbons (Fsp3) is 0.500. The molecule has 0 aliphatic heterocycles. The summed E-state index contributed by atoms with van der Waals surface area (Å²) in [6.45, 7) is 0.201. The molecule has 1 aromatic heterocycles. The Bertz CT molecular complexity index is 481. The van der Waals surface area contributed by atoms with Crippen LogP contribution in [0.25, 0.3) is 0 Å². The van der Waals surface area contributed by atoms with E-state index in [0.29, 0.717) is 0 Å². The Labute approximate surface area is 105 Å². The molecule has 102 valence electrons. The number of nitrogens with zero attached hydrogens (tertiary/aromatic N) is 1. The van der Waals surface area contributed by atoms with Crippen molar-refractivity contribution >= 4 is 10.0 Å². The van der Waals surface area contributed by atoms with Crippen molar-refractivity contribution in [2.24, 2.45) is 0 Å². The quantitative estimate of drug-likeness (QED) is 0.769. The van der Waals surface area contributed by atoms with E-state index in [1.807, 2.05) is 0 Å². The summed E-state index contributed by atoms with van der Waals surface area (Å²) in [5, 5.41) is -0.628. The molecule has 0 aliphatic rings. The zero-order chi connectivity index (χ0) is 13.6. The van der Waals surface area contributed by atoms with Gasteiger partial charge in [-0.25, -0.2) is 22.5 Å². The Kier molecular flexibility index (Phi) is 5.60. The summed E-state index contributed by atoms with van der Waals surface area (Å²) in [5.74, 6) is -0.897. The molecule has 0 aromatic carbocycles. The van der Waals surface area contributed by atoms with Gasteiger partial charge in [-0.05, 0) is 12.1 Å². The zero-order valence-electron chi connectivity index (χ0n) is 10.1. The van der Waals surface area contributed by atoms with E-state index in [1.54, 1.807) is 0 Å². The summed E-state index contributed by atoms with van der Waals surface area (Å²) >= 11 is 0. The molecule has 0 bridgehead atoms. The summed E-state index contributed by atoms with van der Waals surface area (Å²) in [4.78, 5) is 3.50. The first-order chi connectivity index (χ1) is 8.51. The van der Waals surface area contributed by atoms with E-state index >= 15 is 0 Å². The maximum absolute atomic E-state index is 13.3. The van der Waals surface area contributed by atoms with Gasteiger partial charge >= 0.3 is 0 Å². The number of hydrogen-bond donors (Lipinski definition) is 1. The number of aromatic nitrogens is 1. The Morgan fingerprint density at radius 1 is 1.50 bits per heavy atom. The van der Waals surface area contributed by atoms with Crippen molar-refractivity contribution in [3.8, 4) is 0 Å². The molecular formula is C10H15FN2O4S. The smallest absolute Gasteiger partial charge is 0.261 e. The lowest BCUT2D eigenvalue weighted by Crippen LogP contribution is -2.36. The molecule has 0 saturated carbocycles. The maximum Gasteiger partial charge on any atom is 0.261 e. The van der Waals surface area contributed by atoms with E-state index in [1.165, 1.54) is 26.5 Å². The lowest BCUT2D eigenvalue weighted by molar-refractivity contribution is 0.0320. The molecule has 0 saturated heterocycles. The van der Waals surface area contributed by atoms with Crippen LogP contribution in [0.4, 0.5) is 4.39 Å². The third-order valence-corrected chi connectivity index (χ3v) is 3.52. The summed E-state index contributed by atoms with van der Waals surface area (Å²) in [5.41, 5.74) is 0. The molecule has 0 radical (unpaired) electrons. The van der Waals surface area contributed by atoms with E-state index in [2.05, 4.69) is 9.71 Å². The van der Waals surface area contributed by atoms with Crippen LogP contribution in [0.15, 0.2) is 23.4 Å². The molecule has 0 fully saturated rings. The van der Waals surface area contributed by atoms with E-state index in [4.69, 9.17) is 9.47 Å². The van der Waals surface area contributed by atoms with Gasteiger partial charge in [0, 0.05) is 27.0 Å². The van der Waals surface area contributed by atoms with Gasteiger partial charge in [-0.1, -0.05) is 0 Å². The Hall–Kier alpha value is -1.09. The molecule has 1 aromatic rings. The molecular weight excluding hydrogens is 263 g/mol. The van der Waals surface area contributed by atoms with Crippen molar-refractivity contribution in [2.75, 3.05) is 27.4 Å². The third kappa shape index (κ3) is 3.98. The highest BCUT2D eigenvalue weighted by molar-refractivity contribution is 7.89. The highest BCUT2D eigenvalue weighted by Gasteiger charge is 2.21. The number of methoxy groups -OCH3 is 2. The van der Waals surface area contributed by atoms with Crippen LogP contribution in [0.2, 0.25) is 0 Å². The molecule has 0 amide bonds. The number of nitrogens with one attached hydrogen (secondary N) is 1. The minimum atomic E-state index is -3.99. The van der Waals surface area contributed by atoms with Gasteiger partial charge in [-0.15, -0.1) is 0 Å². The molecule has 1 rings (SSSR count). The minimum absolute atomic E-state index is 0.0251. The highest BCUT2D eigenvalue weighted by Crippen LogP contribution is 2.09. The first kappa shape index (κ1) is 15.0. The van der Waals surface area contributed by atoms with Crippen LogP contribution in [0.5, 0.6) is 0 Å². The monoisotopic (exact) mass is 278 g/mol. The van der Waals surface area contributed by atoms with Crippen molar-refractivity contribution < 1.29 is 22.3 Å². The fourth-order valence-electron chi connectivity index (χ4n) is 1.24. The molecule has 1 unspecified atom stereocenters. The van der Waals surface area contributed by atoms with Crippen LogP contribution in [-0.2, 0) is 19.5 Å². The number of rotatable bonds is 7. The van der Waals surface area contributed by atoms with Crippen molar-refractivity contribution in [3.05, 3.63) is 24.1 Å². The van der Waals surface area contributed by atoms with Crippen LogP contribution < -0.4 is 4.72 Å². The lowest BCUT2D eigenvalue weighted by atomic mass is 10.4. The van der Waals surface area contributed by atoms with Gasteiger partial charge in [0.1, 0.15) is 0 Å². The minimum Gasteiger partial charge on any atom is -0.382 e. The standard InChI is InChI=1S/C10H15FN2O4S/c1-16-7-8(17-2)6-13-18(14,15)10-9(11)4-3-5-12-10/h3-5,8,13H,6-7H2,1-2H3. The average molecular weight is 278 g/mol. The van der Waals surface area contributed by atoms with Gasteiger partial charge in [0.25, 0.3) is 10.0 Å². The third-order valence-electron chi connectivity index (χ3n) is 2.17. The van der Waals surface area contributed by atoms with Crippen LogP contribution in [0.1, 0.15) is 0 Å². The molecule has 1 atom stereocenters. The predicted molar refractivity (Wildman–Crippen MR) is 62.1 cm³/mol. The second-order valence-corrected chi connectivity index (χ2v) is 5.14. The number of sulfonamides is 1. The van der Waals surface area contributed by atoms with Crippen molar-refractivity contribution in [1.29, 1.82) is 0 Å². The molecule has 18 heavy (non-hydrogen) atoms. The zero-order valence-corrected chi connectivity index (χ0v) is 10.9. The molecule has 6 nitrogen and oxygen atoms in total. The van der Waals surface area contributed by atoms with Gasteiger partial charge in [-0.3, -0.25) is 0 Å². The van der Waals surface area contributed by atoms with Crippen molar-refractivity contribution in [2.45, 2.75) is 11.1 Å². The largest absolute Gasteiger partial charge is 0.382 e. The number of ether oxygens (including phenoxy) is 2. The van der Waals surface area contributed by atoms with Gasteiger partial charge in [0.05, 0.1) is 12.7 Å². The normalized spacial score (nSPS) is 13.5. The summed E-state index contributed by atoms with van der Waals surface area (Å²) in [6.07, 6.45) is 0.761. The second-order valence-electron chi connectivity index (χ2n) is 3.46. The molecule has 1 N–H and O–H groups in total. The van der Waals surface area contributed by atoms with Crippen LogP contribution in [0, 0.1) is 5.82 Å².